The van der Waals surface area contributed by atoms with Gasteiger partial charge in [-0.15, -0.1) is 0 Å². The summed E-state index contributed by atoms with van der Waals surface area (Å²) < 4.78 is 0. The van der Waals surface area contributed by atoms with Gasteiger partial charge in [-0.2, -0.15) is 0 Å². The summed E-state index contributed by atoms with van der Waals surface area (Å²) in [6.07, 6.45) is 1.65. The fourth-order valence-corrected chi connectivity index (χ4v) is 2.71. The van der Waals surface area contributed by atoms with Gasteiger partial charge in [-0.1, -0.05) is 6.07 Å². The third kappa shape index (κ3) is 3.65. The first-order valence-corrected chi connectivity index (χ1v) is 8.03. The molecule has 2 N–H and O–H groups in total. The van der Waals surface area contributed by atoms with Crippen LogP contribution in [0.4, 0.5) is 11.5 Å². The minimum Gasteiger partial charge on any atom is -0.507 e. The van der Waals surface area contributed by atoms with Gasteiger partial charge in [0.15, 0.2) is 0 Å². The van der Waals surface area contributed by atoms with Gasteiger partial charge in [0.1, 0.15) is 11.6 Å². The molecular weight excluding hydrogens is 304 g/mol. The number of rotatable bonds is 3. The van der Waals surface area contributed by atoms with Crippen LogP contribution in [0.15, 0.2) is 36.5 Å². The molecule has 2 heterocycles. The van der Waals surface area contributed by atoms with E-state index in [1.165, 1.54) is 0 Å². The molecule has 0 spiro atoms. The number of carbonyl (C=O) groups is 1. The Balaban J connectivity index is 1.66. The molecule has 0 atom stereocenters. The SMILES string of the molecule is Cc1ccc(C(=O)Nc2ccc(N3CCN(C)CC3)nc2)c(O)c1. The van der Waals surface area contributed by atoms with Crippen LogP contribution in [-0.4, -0.2) is 54.1 Å². The Kier molecular flexibility index (Phi) is 4.66. The summed E-state index contributed by atoms with van der Waals surface area (Å²) in [4.78, 5) is 21.2. The molecule has 0 saturated carbocycles. The summed E-state index contributed by atoms with van der Waals surface area (Å²) in [5.74, 6) is 0.551. The van der Waals surface area contributed by atoms with Crippen LogP contribution in [0, 0.1) is 6.92 Å². The maximum Gasteiger partial charge on any atom is 0.259 e. The summed E-state index contributed by atoms with van der Waals surface area (Å²) in [6.45, 7) is 5.81. The van der Waals surface area contributed by atoms with Crippen molar-refractivity contribution in [2.75, 3.05) is 43.4 Å². The maximum atomic E-state index is 12.3. The molecule has 1 aliphatic heterocycles. The van der Waals surface area contributed by atoms with Crippen molar-refractivity contribution >= 4 is 17.4 Å². The molecule has 1 aromatic heterocycles. The largest absolute Gasteiger partial charge is 0.507 e. The Bertz CT molecular complexity index is 722. The summed E-state index contributed by atoms with van der Waals surface area (Å²) in [7, 11) is 2.11. The van der Waals surface area contributed by atoms with Crippen molar-refractivity contribution < 1.29 is 9.90 Å². The minimum absolute atomic E-state index is 0.0190. The van der Waals surface area contributed by atoms with Crippen molar-refractivity contribution in [1.82, 2.24) is 9.88 Å². The number of piperazine rings is 1. The Morgan fingerprint density at radius 3 is 2.54 bits per heavy atom. The van der Waals surface area contributed by atoms with Crippen LogP contribution in [0.3, 0.4) is 0 Å². The van der Waals surface area contributed by atoms with Crippen LogP contribution in [-0.2, 0) is 0 Å². The van der Waals surface area contributed by atoms with Gasteiger partial charge < -0.3 is 20.2 Å². The molecule has 3 rings (SSSR count). The first-order valence-electron chi connectivity index (χ1n) is 8.03. The van der Waals surface area contributed by atoms with Crippen LogP contribution in [0.1, 0.15) is 15.9 Å². The highest BCUT2D eigenvalue weighted by Gasteiger charge is 2.16. The van der Waals surface area contributed by atoms with Crippen molar-refractivity contribution in [3.63, 3.8) is 0 Å². The number of amides is 1. The summed E-state index contributed by atoms with van der Waals surface area (Å²) >= 11 is 0. The average molecular weight is 326 g/mol. The number of anilines is 2. The lowest BCUT2D eigenvalue weighted by molar-refractivity contribution is 0.102. The van der Waals surface area contributed by atoms with E-state index in [1.54, 1.807) is 24.4 Å². The third-order valence-corrected chi connectivity index (χ3v) is 4.23. The van der Waals surface area contributed by atoms with Crippen molar-refractivity contribution in [2.45, 2.75) is 6.92 Å². The van der Waals surface area contributed by atoms with E-state index in [4.69, 9.17) is 0 Å². The number of pyridine rings is 1. The molecule has 6 heteroatoms. The molecule has 1 aliphatic rings. The predicted octanol–water partition coefficient (Wildman–Crippen LogP) is 2.10. The second kappa shape index (κ2) is 6.88. The van der Waals surface area contributed by atoms with Gasteiger partial charge in [-0.3, -0.25) is 4.79 Å². The van der Waals surface area contributed by atoms with Gasteiger partial charge in [0.25, 0.3) is 5.91 Å². The highest BCUT2D eigenvalue weighted by atomic mass is 16.3. The third-order valence-electron chi connectivity index (χ3n) is 4.23. The van der Waals surface area contributed by atoms with Crippen LogP contribution < -0.4 is 10.2 Å². The lowest BCUT2D eigenvalue weighted by atomic mass is 10.1. The monoisotopic (exact) mass is 326 g/mol. The van der Waals surface area contributed by atoms with Gasteiger partial charge in [0.05, 0.1) is 17.4 Å². The van der Waals surface area contributed by atoms with E-state index in [0.717, 1.165) is 37.6 Å². The zero-order valence-electron chi connectivity index (χ0n) is 14.0. The van der Waals surface area contributed by atoms with E-state index in [2.05, 4.69) is 27.1 Å². The predicted molar refractivity (Wildman–Crippen MR) is 94.7 cm³/mol. The van der Waals surface area contributed by atoms with E-state index in [9.17, 15) is 9.90 Å². The van der Waals surface area contributed by atoms with E-state index in [1.807, 2.05) is 19.1 Å². The van der Waals surface area contributed by atoms with Crippen LogP contribution >= 0.6 is 0 Å². The van der Waals surface area contributed by atoms with Crippen LogP contribution in [0.25, 0.3) is 0 Å². The van der Waals surface area contributed by atoms with E-state index in [-0.39, 0.29) is 17.2 Å². The number of nitrogens with zero attached hydrogens (tertiary/aromatic N) is 3. The Labute approximate surface area is 141 Å². The number of aromatic hydroxyl groups is 1. The maximum absolute atomic E-state index is 12.3. The molecule has 6 nitrogen and oxygen atoms in total. The van der Waals surface area contributed by atoms with Gasteiger partial charge in [0, 0.05) is 26.2 Å². The number of phenols is 1. The molecule has 0 radical (unpaired) electrons. The molecule has 0 unspecified atom stereocenters. The van der Waals surface area contributed by atoms with Crippen molar-refractivity contribution in [2.24, 2.45) is 0 Å². The molecule has 126 valence electrons. The number of benzene rings is 1. The number of carbonyl (C=O) groups excluding carboxylic acids is 1. The fourth-order valence-electron chi connectivity index (χ4n) is 2.71. The van der Waals surface area contributed by atoms with E-state index < -0.39 is 0 Å². The molecule has 2 aromatic rings. The zero-order valence-corrected chi connectivity index (χ0v) is 14.0. The second-order valence-electron chi connectivity index (χ2n) is 6.17. The summed E-state index contributed by atoms with van der Waals surface area (Å²) in [6, 6.07) is 8.73. The number of aromatic nitrogens is 1. The number of hydrogen-bond acceptors (Lipinski definition) is 5. The minimum atomic E-state index is -0.346. The molecule has 0 bridgehead atoms. The van der Waals surface area contributed by atoms with Crippen LogP contribution in [0.5, 0.6) is 5.75 Å². The number of hydrogen-bond donors (Lipinski definition) is 2. The van der Waals surface area contributed by atoms with Gasteiger partial charge in [0.2, 0.25) is 0 Å². The lowest BCUT2D eigenvalue weighted by Gasteiger charge is -2.33. The normalized spacial score (nSPS) is 15.3. The number of phenolic OH excluding ortho intramolecular Hbond substituents is 1. The van der Waals surface area contributed by atoms with Gasteiger partial charge in [-0.05, 0) is 43.8 Å². The van der Waals surface area contributed by atoms with Gasteiger partial charge >= 0.3 is 0 Å². The zero-order chi connectivity index (χ0) is 17.1. The topological polar surface area (TPSA) is 68.7 Å². The molecular formula is C18H22N4O2. The lowest BCUT2D eigenvalue weighted by Crippen LogP contribution is -2.44. The number of nitrogens with one attached hydrogen (secondary N) is 1. The molecule has 24 heavy (non-hydrogen) atoms. The van der Waals surface area contributed by atoms with Crippen molar-refractivity contribution in [3.8, 4) is 5.75 Å². The van der Waals surface area contributed by atoms with Crippen molar-refractivity contribution in [1.29, 1.82) is 0 Å². The first kappa shape index (κ1) is 16.3. The molecule has 0 aliphatic carbocycles. The van der Waals surface area contributed by atoms with Crippen molar-refractivity contribution in [3.05, 3.63) is 47.7 Å². The number of aryl methyl sites for hydroxylation is 1. The average Bonchev–Trinajstić information content (AvgIpc) is 2.56. The van der Waals surface area contributed by atoms with E-state index in [0.29, 0.717) is 5.69 Å². The van der Waals surface area contributed by atoms with Crippen LogP contribution in [0.2, 0.25) is 0 Å². The smallest absolute Gasteiger partial charge is 0.259 e. The first-order chi connectivity index (χ1) is 11.5. The molecule has 1 amide bonds. The molecule has 1 saturated heterocycles. The van der Waals surface area contributed by atoms with E-state index >= 15 is 0 Å². The Morgan fingerprint density at radius 1 is 1.17 bits per heavy atom. The highest BCUT2D eigenvalue weighted by molar-refractivity contribution is 6.06. The molecule has 1 aromatic carbocycles. The Hall–Kier alpha value is -2.60. The number of likely N-dealkylation sites (N-methyl/N-ethyl adjacent to an activating group) is 1. The summed E-state index contributed by atoms with van der Waals surface area (Å²) in [5.41, 5.74) is 1.77. The summed E-state index contributed by atoms with van der Waals surface area (Å²) in [5, 5.41) is 12.7. The fraction of sp³-hybridized carbons (Fsp3) is 0.333. The van der Waals surface area contributed by atoms with Gasteiger partial charge in [-0.25, -0.2) is 4.98 Å². The highest BCUT2D eigenvalue weighted by Crippen LogP contribution is 2.21. The molecule has 1 fully saturated rings. The standard InChI is InChI=1S/C18H22N4O2/c1-13-3-5-15(16(23)11-13)18(24)20-14-4-6-17(19-12-14)22-9-7-21(2)8-10-22/h3-6,11-12,23H,7-10H2,1-2H3,(H,20,24). The second-order valence-corrected chi connectivity index (χ2v) is 6.17. The Morgan fingerprint density at radius 2 is 1.92 bits per heavy atom. The quantitative estimate of drug-likeness (QED) is 0.904.